The van der Waals surface area contributed by atoms with Crippen LogP contribution in [0.5, 0.6) is 0 Å². The summed E-state index contributed by atoms with van der Waals surface area (Å²) in [5.41, 5.74) is 1.17. The third-order valence-corrected chi connectivity index (χ3v) is 17.5. The van der Waals surface area contributed by atoms with Crippen LogP contribution >= 0.6 is 0 Å². The van der Waals surface area contributed by atoms with Crippen LogP contribution in [0.2, 0.25) is 22.2 Å². The fourth-order valence-electron chi connectivity index (χ4n) is 5.20. The summed E-state index contributed by atoms with van der Waals surface area (Å²) < 4.78 is 38.0. The maximum absolute atomic E-state index is 13.7. The van der Waals surface area contributed by atoms with Gasteiger partial charge in [-0.15, -0.1) is 0 Å². The summed E-state index contributed by atoms with van der Waals surface area (Å²) in [5.74, 6) is -1.29. The van der Waals surface area contributed by atoms with Gasteiger partial charge in [-0.3, -0.25) is 4.79 Å². The number of carbonyl (C=O) groups excluding carboxylic acids is 2. The summed E-state index contributed by atoms with van der Waals surface area (Å²) in [4.78, 5) is 26.3. The summed E-state index contributed by atoms with van der Waals surface area (Å²) in [6, 6.07) is 9.64. The minimum absolute atomic E-state index is 0.0418. The van der Waals surface area contributed by atoms with Crippen molar-refractivity contribution in [1.29, 1.82) is 0 Å². The predicted octanol–water partition coefficient (Wildman–Crippen LogP) is 5.00. The lowest BCUT2D eigenvalue weighted by atomic mass is 10.0. The number of ketones is 1. The number of ether oxygens (including phenoxy) is 3. The van der Waals surface area contributed by atoms with Gasteiger partial charge in [0.2, 0.25) is 11.9 Å². The van der Waals surface area contributed by atoms with Crippen LogP contribution in [-0.4, -0.2) is 60.6 Å². The Kier molecular flexibility index (Phi) is 9.35. The molecule has 2 aliphatic rings. The Labute approximate surface area is 217 Å². The molecule has 0 aliphatic carbocycles. The van der Waals surface area contributed by atoms with Crippen LogP contribution in [-0.2, 0) is 43.4 Å². The Hall–Kier alpha value is -1.41. The molecule has 0 saturated carbocycles. The summed E-state index contributed by atoms with van der Waals surface area (Å²) in [5, 5.41) is 0. The number of hydrogen-bond acceptors (Lipinski definition) is 8. The maximum Gasteiger partial charge on any atom is 0.343 e. The molecule has 1 aromatic rings. The zero-order valence-electron chi connectivity index (χ0n) is 23.0. The fourth-order valence-corrected chi connectivity index (χ4v) is 16.4. The molecule has 1 aromatic carbocycles. The number of methoxy groups -OCH3 is 1. The number of Topliss-reactive ketones (excluding diaryl/α,β-unsaturated/α-hetero) is 1. The van der Waals surface area contributed by atoms with Crippen LogP contribution in [0.25, 0.3) is 0 Å². The van der Waals surface area contributed by atoms with E-state index < -0.39 is 53.5 Å². The first-order valence-electron chi connectivity index (χ1n) is 12.9. The van der Waals surface area contributed by atoms with Gasteiger partial charge in [0.15, 0.2) is 6.29 Å². The largest absolute Gasteiger partial charge is 0.467 e. The van der Waals surface area contributed by atoms with Crippen molar-refractivity contribution in [2.75, 3.05) is 7.11 Å². The highest BCUT2D eigenvalue weighted by Gasteiger charge is 2.65. The van der Waals surface area contributed by atoms with E-state index in [0.29, 0.717) is 0 Å². The Balaban J connectivity index is 2.13. The van der Waals surface area contributed by atoms with E-state index in [9.17, 15) is 9.59 Å². The highest BCUT2D eigenvalue weighted by molar-refractivity contribution is 6.84. The molecule has 36 heavy (non-hydrogen) atoms. The lowest BCUT2D eigenvalue weighted by molar-refractivity contribution is -0.252. The van der Waals surface area contributed by atoms with Crippen molar-refractivity contribution in [3.8, 4) is 0 Å². The number of carbonyl (C=O) groups is 2. The van der Waals surface area contributed by atoms with Crippen molar-refractivity contribution in [1.82, 2.24) is 0 Å². The first-order valence-corrected chi connectivity index (χ1v) is 16.8. The predicted molar refractivity (Wildman–Crippen MR) is 140 cm³/mol. The average molecular weight is 539 g/mol. The Morgan fingerprint density at radius 2 is 1.42 bits per heavy atom. The number of fused-ring (bicyclic) bond motifs is 1. The van der Waals surface area contributed by atoms with Gasteiger partial charge in [-0.05, 0) is 27.7 Å². The molecule has 0 N–H and O–H groups in total. The highest BCUT2D eigenvalue weighted by atomic mass is 28.5. The van der Waals surface area contributed by atoms with E-state index in [1.165, 1.54) is 7.11 Å². The highest BCUT2D eigenvalue weighted by Crippen LogP contribution is 2.49. The molecule has 0 bridgehead atoms. The topological polar surface area (TPSA) is 89.5 Å². The molecule has 2 heterocycles. The van der Waals surface area contributed by atoms with E-state index in [0.717, 1.165) is 5.56 Å². The SMILES string of the molecule is COC(=O)[C@@H]1O[C@@H](OCc2ccccc2)[C@@H]2O[Si](C(C)C)(C(C)C)O[Si](C(C)C)(C(C)C)O[C@H]2C1=O. The smallest absolute Gasteiger partial charge is 0.343 e. The van der Waals surface area contributed by atoms with E-state index >= 15 is 0 Å². The minimum atomic E-state index is -3.04. The second kappa shape index (κ2) is 11.5. The first-order chi connectivity index (χ1) is 16.9. The van der Waals surface area contributed by atoms with E-state index in [2.05, 4.69) is 55.4 Å². The molecule has 2 aliphatic heterocycles. The number of hydrogen-bond donors (Lipinski definition) is 0. The molecule has 2 fully saturated rings. The Morgan fingerprint density at radius 3 is 1.92 bits per heavy atom. The van der Waals surface area contributed by atoms with E-state index in [4.69, 9.17) is 27.2 Å². The monoisotopic (exact) mass is 538 g/mol. The Bertz CT molecular complexity index is 888. The molecular weight excluding hydrogens is 496 g/mol. The number of rotatable bonds is 8. The van der Waals surface area contributed by atoms with Gasteiger partial charge < -0.3 is 27.2 Å². The molecule has 0 unspecified atom stereocenters. The second-order valence-corrected chi connectivity index (χ2v) is 19.7. The van der Waals surface area contributed by atoms with Crippen molar-refractivity contribution in [3.05, 3.63) is 35.9 Å². The molecule has 8 nitrogen and oxygen atoms in total. The van der Waals surface area contributed by atoms with Gasteiger partial charge in [0, 0.05) is 0 Å². The zero-order chi connectivity index (χ0) is 26.8. The van der Waals surface area contributed by atoms with Crippen molar-refractivity contribution >= 4 is 28.9 Å². The maximum atomic E-state index is 13.7. The van der Waals surface area contributed by atoms with Crippen LogP contribution in [0.4, 0.5) is 0 Å². The van der Waals surface area contributed by atoms with Crippen molar-refractivity contribution in [2.45, 2.75) is 109 Å². The summed E-state index contributed by atoms with van der Waals surface area (Å²) >= 11 is 0. The zero-order valence-corrected chi connectivity index (χ0v) is 25.0. The lowest BCUT2D eigenvalue weighted by Crippen LogP contribution is -2.62. The molecule has 0 amide bonds. The number of esters is 1. The van der Waals surface area contributed by atoms with Crippen LogP contribution < -0.4 is 0 Å². The second-order valence-electron chi connectivity index (χ2n) is 10.9. The molecule has 202 valence electrons. The van der Waals surface area contributed by atoms with Crippen LogP contribution in [0.15, 0.2) is 30.3 Å². The molecule has 0 radical (unpaired) electrons. The van der Waals surface area contributed by atoms with Gasteiger partial charge in [0.1, 0.15) is 12.2 Å². The van der Waals surface area contributed by atoms with Gasteiger partial charge in [0.05, 0.1) is 13.7 Å². The van der Waals surface area contributed by atoms with E-state index in [-0.39, 0.29) is 28.8 Å². The third-order valence-electron chi connectivity index (χ3n) is 7.22. The average Bonchev–Trinajstić information content (AvgIpc) is 3.01. The van der Waals surface area contributed by atoms with Crippen molar-refractivity contribution in [3.63, 3.8) is 0 Å². The fraction of sp³-hybridized carbons (Fsp3) is 0.692. The summed E-state index contributed by atoms with van der Waals surface area (Å²) in [6.07, 6.45) is -4.41. The van der Waals surface area contributed by atoms with Gasteiger partial charge in [-0.2, -0.15) is 0 Å². The van der Waals surface area contributed by atoms with E-state index in [1.807, 2.05) is 30.3 Å². The molecule has 2 saturated heterocycles. The van der Waals surface area contributed by atoms with Crippen LogP contribution in [0.3, 0.4) is 0 Å². The minimum Gasteiger partial charge on any atom is -0.467 e. The van der Waals surface area contributed by atoms with Crippen molar-refractivity contribution < 1.29 is 36.8 Å². The van der Waals surface area contributed by atoms with E-state index in [1.54, 1.807) is 0 Å². The normalized spacial score (nSPS) is 27.9. The van der Waals surface area contributed by atoms with Crippen molar-refractivity contribution in [2.24, 2.45) is 0 Å². The Morgan fingerprint density at radius 1 is 0.889 bits per heavy atom. The van der Waals surface area contributed by atoms with Crippen LogP contribution in [0, 0.1) is 0 Å². The van der Waals surface area contributed by atoms with Gasteiger partial charge in [-0.1, -0.05) is 85.7 Å². The number of benzene rings is 1. The lowest BCUT2D eigenvalue weighted by Gasteiger charge is -2.45. The molecular formula is C26H42O8Si2. The molecule has 0 aromatic heterocycles. The quantitative estimate of drug-likeness (QED) is 0.260. The van der Waals surface area contributed by atoms with Gasteiger partial charge in [-0.25, -0.2) is 4.79 Å². The molecule has 3 rings (SSSR count). The molecule has 4 atom stereocenters. The molecule has 10 heteroatoms. The van der Waals surface area contributed by atoms with Gasteiger partial charge in [0.25, 0.3) is 0 Å². The first kappa shape index (κ1) is 29.2. The molecule has 0 spiro atoms. The summed E-state index contributed by atoms with van der Waals surface area (Å²) in [6.45, 7) is 17.0. The summed E-state index contributed by atoms with van der Waals surface area (Å²) in [7, 11) is -4.79. The standard InChI is InChI=1S/C26H42O8Si2/c1-16(2)35(17(3)4)32-22-21(27)23(25(28)29-9)31-26(30-15-20-13-11-10-12-14-20)24(22)33-36(34-35,18(5)6)19(7)8/h10-14,16-19,22-24,26H,15H2,1-9H3/t22-,23+,24+,26+/m0/s1. The third kappa shape index (κ3) is 5.40. The van der Waals surface area contributed by atoms with Gasteiger partial charge >= 0.3 is 23.1 Å². The van der Waals surface area contributed by atoms with Crippen LogP contribution in [0.1, 0.15) is 61.0 Å².